The number of hydrogen-bond donors (Lipinski definition) is 1. The van der Waals surface area contributed by atoms with E-state index in [0.717, 1.165) is 22.5 Å². The van der Waals surface area contributed by atoms with Gasteiger partial charge in [0.05, 0.1) is 0 Å². The van der Waals surface area contributed by atoms with Crippen molar-refractivity contribution in [1.82, 2.24) is 10.2 Å². The fourth-order valence-corrected chi connectivity index (χ4v) is 3.70. The van der Waals surface area contributed by atoms with Crippen LogP contribution in [0.3, 0.4) is 0 Å². The van der Waals surface area contributed by atoms with Crippen molar-refractivity contribution < 1.29 is 0 Å². The van der Waals surface area contributed by atoms with Crippen molar-refractivity contribution in [1.29, 1.82) is 0 Å². The van der Waals surface area contributed by atoms with Crippen molar-refractivity contribution in [3.05, 3.63) is 5.01 Å². The van der Waals surface area contributed by atoms with Gasteiger partial charge in [-0.05, 0) is 43.4 Å². The molecule has 2 rings (SSSR count). The summed E-state index contributed by atoms with van der Waals surface area (Å²) in [7, 11) is 0. The summed E-state index contributed by atoms with van der Waals surface area (Å²) < 4.78 is 0. The summed E-state index contributed by atoms with van der Waals surface area (Å²) in [5.41, 5.74) is 0.451. The lowest BCUT2D eigenvalue weighted by atomic mass is 9.76. The number of rotatable bonds is 3. The van der Waals surface area contributed by atoms with Gasteiger partial charge in [0.15, 0.2) is 0 Å². The molecule has 4 heteroatoms. The number of aromatic nitrogens is 2. The van der Waals surface area contributed by atoms with Gasteiger partial charge in [-0.3, -0.25) is 0 Å². The minimum Gasteiger partial charge on any atom is -0.357 e. The number of aryl methyl sites for hydroxylation is 1. The Morgan fingerprint density at radius 1 is 1.16 bits per heavy atom. The van der Waals surface area contributed by atoms with Crippen LogP contribution in [0.15, 0.2) is 0 Å². The first-order valence-corrected chi connectivity index (χ1v) is 8.39. The molecular formula is C15H27N3S. The maximum absolute atomic E-state index is 4.24. The first-order valence-electron chi connectivity index (χ1n) is 7.58. The Balaban J connectivity index is 1.89. The van der Waals surface area contributed by atoms with Gasteiger partial charge in [0.2, 0.25) is 5.13 Å². The molecule has 1 N–H and O–H groups in total. The fourth-order valence-electron chi connectivity index (χ4n) is 2.94. The van der Waals surface area contributed by atoms with E-state index in [-0.39, 0.29) is 0 Å². The minimum atomic E-state index is 0.451. The Morgan fingerprint density at radius 2 is 1.95 bits per heavy atom. The van der Waals surface area contributed by atoms with E-state index >= 15 is 0 Å². The van der Waals surface area contributed by atoms with Crippen LogP contribution in [0.25, 0.3) is 0 Å². The molecule has 0 aliphatic heterocycles. The van der Waals surface area contributed by atoms with Gasteiger partial charge in [-0.1, -0.05) is 45.5 Å². The summed E-state index contributed by atoms with van der Waals surface area (Å²) in [5, 5.41) is 14.2. The van der Waals surface area contributed by atoms with Gasteiger partial charge in [0.25, 0.3) is 0 Å². The molecule has 0 amide bonds. The van der Waals surface area contributed by atoms with Gasteiger partial charge < -0.3 is 5.32 Å². The molecule has 0 bridgehead atoms. The van der Waals surface area contributed by atoms with E-state index in [0.29, 0.717) is 11.5 Å². The zero-order valence-corrected chi connectivity index (χ0v) is 13.5. The Hall–Kier alpha value is -0.640. The molecule has 1 aromatic rings. The van der Waals surface area contributed by atoms with E-state index in [1.807, 2.05) is 0 Å². The molecule has 2 unspecified atom stereocenters. The van der Waals surface area contributed by atoms with Crippen molar-refractivity contribution in [2.24, 2.45) is 11.3 Å². The van der Waals surface area contributed by atoms with Crippen LogP contribution in [0, 0.1) is 11.3 Å². The van der Waals surface area contributed by atoms with Gasteiger partial charge in [0, 0.05) is 6.04 Å². The highest BCUT2D eigenvalue weighted by molar-refractivity contribution is 7.15. The lowest BCUT2D eigenvalue weighted by Crippen LogP contribution is -2.21. The topological polar surface area (TPSA) is 37.8 Å². The van der Waals surface area contributed by atoms with Crippen LogP contribution in [0.5, 0.6) is 0 Å². The standard InChI is InChI=1S/C15H27N3S/c1-5-13-17-18-14(19-13)16-12-8-6-7-11(9-10-12)15(2,3)4/h11-12H,5-10H2,1-4H3,(H,16,18). The predicted molar refractivity (Wildman–Crippen MR) is 82.7 cm³/mol. The number of nitrogens with one attached hydrogen (secondary N) is 1. The summed E-state index contributed by atoms with van der Waals surface area (Å²) in [4.78, 5) is 0. The third-order valence-electron chi connectivity index (χ3n) is 4.29. The molecule has 1 heterocycles. The maximum Gasteiger partial charge on any atom is 0.205 e. The molecule has 19 heavy (non-hydrogen) atoms. The van der Waals surface area contributed by atoms with Gasteiger partial charge in [0.1, 0.15) is 5.01 Å². The van der Waals surface area contributed by atoms with Crippen molar-refractivity contribution in [2.75, 3.05) is 5.32 Å². The van der Waals surface area contributed by atoms with E-state index in [4.69, 9.17) is 0 Å². The Labute approximate surface area is 121 Å². The van der Waals surface area contributed by atoms with Crippen molar-refractivity contribution in [2.45, 2.75) is 72.3 Å². The molecule has 0 radical (unpaired) electrons. The molecule has 1 aliphatic rings. The molecule has 1 aliphatic carbocycles. The molecule has 2 atom stereocenters. The second kappa shape index (κ2) is 6.21. The van der Waals surface area contributed by atoms with E-state index in [2.05, 4.69) is 43.2 Å². The third-order valence-corrected chi connectivity index (χ3v) is 5.29. The Morgan fingerprint density at radius 3 is 2.58 bits per heavy atom. The first-order chi connectivity index (χ1) is 8.99. The Kier molecular flexibility index (Phi) is 4.82. The molecule has 0 spiro atoms. The van der Waals surface area contributed by atoms with Crippen LogP contribution in [0.2, 0.25) is 0 Å². The highest BCUT2D eigenvalue weighted by Gasteiger charge is 2.27. The number of hydrogen-bond acceptors (Lipinski definition) is 4. The molecule has 108 valence electrons. The molecule has 1 aromatic heterocycles. The van der Waals surface area contributed by atoms with Crippen LogP contribution < -0.4 is 5.32 Å². The van der Waals surface area contributed by atoms with Crippen LogP contribution in [0.1, 0.15) is 64.8 Å². The smallest absolute Gasteiger partial charge is 0.205 e. The lowest BCUT2D eigenvalue weighted by Gasteiger charge is -2.29. The molecular weight excluding hydrogens is 254 g/mol. The van der Waals surface area contributed by atoms with Crippen LogP contribution in [-0.2, 0) is 6.42 Å². The highest BCUT2D eigenvalue weighted by atomic mass is 32.1. The summed E-state index contributed by atoms with van der Waals surface area (Å²) in [6.07, 6.45) is 7.56. The second-order valence-electron chi connectivity index (χ2n) is 6.77. The van der Waals surface area contributed by atoms with Crippen molar-refractivity contribution in [3.8, 4) is 0 Å². The van der Waals surface area contributed by atoms with E-state index in [1.54, 1.807) is 11.3 Å². The predicted octanol–water partition coefficient (Wildman–Crippen LogP) is 4.51. The van der Waals surface area contributed by atoms with Crippen molar-refractivity contribution >= 4 is 16.5 Å². The lowest BCUT2D eigenvalue weighted by molar-refractivity contribution is 0.214. The van der Waals surface area contributed by atoms with Crippen LogP contribution in [-0.4, -0.2) is 16.2 Å². The minimum absolute atomic E-state index is 0.451. The van der Waals surface area contributed by atoms with Crippen molar-refractivity contribution in [3.63, 3.8) is 0 Å². The van der Waals surface area contributed by atoms with Gasteiger partial charge in [-0.15, -0.1) is 10.2 Å². The van der Waals surface area contributed by atoms with E-state index in [9.17, 15) is 0 Å². The zero-order chi connectivity index (χ0) is 13.9. The van der Waals surface area contributed by atoms with E-state index < -0.39 is 0 Å². The Bertz CT molecular complexity index is 394. The highest BCUT2D eigenvalue weighted by Crippen LogP contribution is 2.37. The monoisotopic (exact) mass is 281 g/mol. The molecule has 1 fully saturated rings. The van der Waals surface area contributed by atoms with E-state index in [1.165, 1.54) is 32.1 Å². The summed E-state index contributed by atoms with van der Waals surface area (Å²) >= 11 is 1.71. The molecule has 3 nitrogen and oxygen atoms in total. The molecule has 1 saturated carbocycles. The normalized spacial score (nSPS) is 25.1. The average Bonchev–Trinajstić information content (AvgIpc) is 2.65. The van der Waals surface area contributed by atoms with Crippen LogP contribution in [0.4, 0.5) is 5.13 Å². The summed E-state index contributed by atoms with van der Waals surface area (Å²) in [5.74, 6) is 0.861. The second-order valence-corrected chi connectivity index (χ2v) is 7.83. The third kappa shape index (κ3) is 4.16. The fraction of sp³-hybridized carbons (Fsp3) is 0.867. The van der Waals surface area contributed by atoms with Crippen LogP contribution >= 0.6 is 11.3 Å². The van der Waals surface area contributed by atoms with Gasteiger partial charge in [-0.2, -0.15) is 0 Å². The molecule has 0 saturated heterocycles. The zero-order valence-electron chi connectivity index (χ0n) is 12.7. The SMILES string of the molecule is CCc1nnc(NC2CCCC(C(C)(C)C)CC2)s1. The quantitative estimate of drug-likeness (QED) is 0.828. The van der Waals surface area contributed by atoms with Gasteiger partial charge in [-0.25, -0.2) is 0 Å². The number of anilines is 1. The summed E-state index contributed by atoms with van der Waals surface area (Å²) in [6, 6.07) is 0.588. The summed E-state index contributed by atoms with van der Waals surface area (Å²) in [6.45, 7) is 9.26. The van der Waals surface area contributed by atoms with Gasteiger partial charge >= 0.3 is 0 Å². The molecule has 0 aromatic carbocycles. The largest absolute Gasteiger partial charge is 0.357 e. The first kappa shape index (κ1) is 14.8. The number of nitrogens with zero attached hydrogens (tertiary/aromatic N) is 2. The average molecular weight is 281 g/mol. The maximum atomic E-state index is 4.24.